The number of ether oxygens (including phenoxy) is 5. The molecule has 5 fully saturated rings. The third-order valence-electron chi connectivity index (χ3n) is 20.2. The topological polar surface area (TPSA) is 159 Å². The van der Waals surface area contributed by atoms with E-state index in [0.717, 1.165) is 50.5 Å². The molecule has 2 saturated heterocycles. The Morgan fingerprint density at radius 1 is 0.833 bits per heavy atom. The first-order valence-electron chi connectivity index (χ1n) is 27.7. The number of Topliss-reactive ketones (excluding diaryl/α,β-unsaturated/α-hetero) is 1. The quantitative estimate of drug-likeness (QED) is 0.0868. The number of fused-ring (bicyclic) bond motifs is 5. The summed E-state index contributed by atoms with van der Waals surface area (Å²) in [6, 6.07) is 7.00. The molecule has 0 bridgehead atoms. The van der Waals surface area contributed by atoms with Gasteiger partial charge in [0, 0.05) is 29.8 Å². The van der Waals surface area contributed by atoms with Crippen molar-refractivity contribution in [3.05, 3.63) is 47.0 Å². The van der Waals surface area contributed by atoms with Crippen LogP contribution >= 0.6 is 0 Å². The first-order chi connectivity index (χ1) is 33.3. The largest absolute Gasteiger partial charge is 0.450 e. The summed E-state index contributed by atoms with van der Waals surface area (Å²) in [5.74, 6) is -0.758. The average molecular weight is 1040 g/mol. The van der Waals surface area contributed by atoms with Crippen molar-refractivity contribution in [2.75, 3.05) is 13.2 Å². The number of aliphatic hydroxyl groups excluding tert-OH is 2. The molecule has 17 atom stereocenters. The maximum atomic E-state index is 14.4. The van der Waals surface area contributed by atoms with Gasteiger partial charge in [-0.1, -0.05) is 112 Å². The highest BCUT2D eigenvalue weighted by Gasteiger charge is 2.70. The third kappa shape index (κ3) is 11.0. The molecule has 7 rings (SSSR count). The van der Waals surface area contributed by atoms with E-state index in [1.807, 2.05) is 32.9 Å². The zero-order valence-electron chi connectivity index (χ0n) is 47.3. The van der Waals surface area contributed by atoms with Crippen molar-refractivity contribution in [2.24, 2.45) is 46.3 Å². The minimum atomic E-state index is -2.42. The predicted octanol–water partition coefficient (Wildman–Crippen LogP) is 11.1. The second-order valence-electron chi connectivity index (χ2n) is 27.3. The molecule has 2 aliphatic heterocycles. The van der Waals surface area contributed by atoms with Crippen LogP contribution in [0.4, 0.5) is 0 Å². The molecule has 0 aromatic heterocycles. The minimum absolute atomic E-state index is 0.0223. The maximum Gasteiger partial charge on any atom is 0.338 e. The number of hydrogen-bond donors (Lipinski definition) is 3. The zero-order chi connectivity index (χ0) is 53.3. The molecule has 12 nitrogen and oxygen atoms in total. The van der Waals surface area contributed by atoms with Gasteiger partial charge in [0.15, 0.2) is 35.3 Å². The molecule has 0 spiro atoms. The van der Waals surface area contributed by atoms with E-state index >= 15 is 0 Å². The van der Waals surface area contributed by atoms with Gasteiger partial charge in [-0.25, -0.2) is 4.79 Å². The Morgan fingerprint density at radius 3 is 2.08 bits per heavy atom. The SMILES string of the molecule is Cc1ccc(C(=O)OC2C(OC3C(O)COC(O[C@H]4C[C@H]5[C@@H]6CC=C7C[C@@H](O[Si](C)(C)C(C)(C)C)CC[C@]7(C)C6CC[C@]5(C)[C@@]4(O)[C@H](C)C(=O)CCC(C)C)C3C)OCC(O[Si](C)(C)C(C)(C)C)C2O)cc1. The number of esters is 1. The van der Waals surface area contributed by atoms with Crippen LogP contribution in [0.15, 0.2) is 35.9 Å². The van der Waals surface area contributed by atoms with E-state index in [0.29, 0.717) is 36.2 Å². The lowest BCUT2D eigenvalue weighted by molar-refractivity contribution is -0.332. The van der Waals surface area contributed by atoms with Crippen LogP contribution in [-0.4, -0.2) is 118 Å². The molecular weight excluding hydrogens is 945 g/mol. The van der Waals surface area contributed by atoms with Gasteiger partial charge in [0.25, 0.3) is 0 Å². The van der Waals surface area contributed by atoms with Crippen LogP contribution in [0.25, 0.3) is 0 Å². The van der Waals surface area contributed by atoms with Crippen LogP contribution < -0.4 is 0 Å². The standard InChI is InChI=1S/C58H96O12Si2/c1-34(2)18-25-44(59)37(5)58(63)47(31-43-41-24-23-39-30-40(69-71(14,15)54(6,7)8)26-28-56(39,12)42(41)27-29-57(43,58)13)66-52-36(4)49(45(60)32-64-52)68-53-50(67-51(62)38-21-19-35(3)20-22-38)48(61)46(33-65-53)70-72(16,17)55(9,10)11/h19-23,34,36-37,40-43,45-50,52-53,60-61,63H,18,24-33H2,1-17H3/t36?,37-,40+,41-,42?,43+,45?,46?,47+,48?,49?,50?,52?,53?,56+,57+,58-/m1/s1. The highest BCUT2D eigenvalue weighted by atomic mass is 28.4. The van der Waals surface area contributed by atoms with Crippen LogP contribution in [0.2, 0.25) is 36.3 Å². The smallest absolute Gasteiger partial charge is 0.338 e. The van der Waals surface area contributed by atoms with Crippen molar-refractivity contribution < 1.29 is 57.4 Å². The van der Waals surface area contributed by atoms with Crippen molar-refractivity contribution in [1.29, 1.82) is 0 Å². The van der Waals surface area contributed by atoms with Crippen molar-refractivity contribution in [3.8, 4) is 0 Å². The number of aryl methyl sites for hydroxylation is 1. The zero-order valence-corrected chi connectivity index (χ0v) is 49.3. The summed E-state index contributed by atoms with van der Waals surface area (Å²) in [4.78, 5) is 28.1. The second-order valence-corrected chi connectivity index (χ2v) is 36.9. The van der Waals surface area contributed by atoms with E-state index in [1.165, 1.54) is 5.57 Å². The first kappa shape index (κ1) is 57.9. The highest BCUT2D eigenvalue weighted by molar-refractivity contribution is 6.74. The molecular formula is C58H96O12Si2. The van der Waals surface area contributed by atoms with Crippen molar-refractivity contribution in [1.82, 2.24) is 0 Å². The summed E-state index contributed by atoms with van der Waals surface area (Å²) >= 11 is 0. The predicted molar refractivity (Wildman–Crippen MR) is 285 cm³/mol. The molecule has 0 amide bonds. The fourth-order valence-electron chi connectivity index (χ4n) is 13.4. The third-order valence-corrected chi connectivity index (χ3v) is 29.3. The van der Waals surface area contributed by atoms with Gasteiger partial charge < -0.3 is 47.9 Å². The molecule has 14 heteroatoms. The molecule has 6 aliphatic rings. The van der Waals surface area contributed by atoms with Crippen molar-refractivity contribution >= 4 is 28.4 Å². The van der Waals surface area contributed by atoms with E-state index < -0.39 is 94.7 Å². The Kier molecular flexibility index (Phi) is 17.0. The van der Waals surface area contributed by atoms with Crippen molar-refractivity contribution in [3.63, 3.8) is 0 Å². The van der Waals surface area contributed by atoms with Gasteiger partial charge in [0.2, 0.25) is 0 Å². The minimum Gasteiger partial charge on any atom is -0.450 e. The van der Waals surface area contributed by atoms with E-state index in [4.69, 9.17) is 32.5 Å². The van der Waals surface area contributed by atoms with Gasteiger partial charge in [-0.15, -0.1) is 0 Å². The molecule has 1 aromatic rings. The summed E-state index contributed by atoms with van der Waals surface area (Å²) in [7, 11) is -4.36. The molecule has 1 aromatic carbocycles. The lowest BCUT2D eigenvalue weighted by atomic mass is 9.46. The Labute approximate surface area is 435 Å². The van der Waals surface area contributed by atoms with Gasteiger partial charge in [-0.3, -0.25) is 4.79 Å². The lowest BCUT2D eigenvalue weighted by Crippen LogP contribution is -2.63. The van der Waals surface area contributed by atoms with Gasteiger partial charge in [-0.2, -0.15) is 0 Å². The molecule has 408 valence electrons. The molecule has 3 saturated carbocycles. The average Bonchev–Trinajstić information content (AvgIpc) is 3.52. The number of rotatable bonds is 15. The summed E-state index contributed by atoms with van der Waals surface area (Å²) in [5, 5.41) is 37.4. The second kappa shape index (κ2) is 21.2. The van der Waals surface area contributed by atoms with Crippen molar-refractivity contribution in [2.45, 2.75) is 245 Å². The fraction of sp³-hybridized carbons (Fsp3) is 0.828. The van der Waals surface area contributed by atoms with E-state index in [-0.39, 0.29) is 46.5 Å². The van der Waals surface area contributed by atoms with E-state index in [2.05, 4.69) is 102 Å². The first-order valence-corrected chi connectivity index (χ1v) is 33.6. The van der Waals surface area contributed by atoms with Crippen LogP contribution in [-0.2, 0) is 37.3 Å². The molecule has 4 aliphatic carbocycles. The molecule has 0 radical (unpaired) electrons. The number of ketones is 1. The number of carbonyl (C=O) groups excluding carboxylic acids is 2. The number of hydrogen-bond acceptors (Lipinski definition) is 12. The number of allylic oxidation sites excluding steroid dienone is 1. The summed E-state index contributed by atoms with van der Waals surface area (Å²) in [6.45, 7) is 36.7. The maximum absolute atomic E-state index is 14.4. The highest BCUT2D eigenvalue weighted by Crippen LogP contribution is 2.69. The molecule has 2 heterocycles. The number of benzene rings is 1. The van der Waals surface area contributed by atoms with Gasteiger partial charge in [0.1, 0.15) is 23.6 Å². The van der Waals surface area contributed by atoms with E-state index in [9.17, 15) is 24.9 Å². The molecule has 9 unspecified atom stereocenters. The lowest BCUT2D eigenvalue weighted by Gasteiger charge is -2.60. The fourth-order valence-corrected chi connectivity index (χ4v) is 16.1. The van der Waals surface area contributed by atoms with Crippen LogP contribution in [0.5, 0.6) is 0 Å². The monoisotopic (exact) mass is 1040 g/mol. The number of carbonyl (C=O) groups is 2. The molecule has 3 N–H and O–H groups in total. The van der Waals surface area contributed by atoms with Gasteiger partial charge in [-0.05, 0) is 136 Å². The Balaban J connectivity index is 1.14. The van der Waals surface area contributed by atoms with Gasteiger partial charge in [0.05, 0.1) is 37.1 Å². The Hall–Kier alpha value is -1.83. The summed E-state index contributed by atoms with van der Waals surface area (Å²) < 4.78 is 46.3. The Morgan fingerprint density at radius 2 is 1.46 bits per heavy atom. The van der Waals surface area contributed by atoms with Crippen LogP contribution in [0.3, 0.4) is 0 Å². The summed E-state index contributed by atoms with van der Waals surface area (Å²) in [6.07, 6.45) is 1.77. The number of aliphatic hydroxyl groups is 3. The van der Waals surface area contributed by atoms with Crippen LogP contribution in [0, 0.1) is 53.3 Å². The van der Waals surface area contributed by atoms with Crippen LogP contribution in [0.1, 0.15) is 157 Å². The molecule has 72 heavy (non-hydrogen) atoms. The normalized spacial score (nSPS) is 39.1. The van der Waals surface area contributed by atoms with Gasteiger partial charge >= 0.3 is 5.97 Å². The Bertz CT molecular complexity index is 2100. The summed E-state index contributed by atoms with van der Waals surface area (Å²) in [5.41, 5.74) is 0.744. The van der Waals surface area contributed by atoms with E-state index in [1.54, 1.807) is 12.1 Å².